The molecule has 1 saturated heterocycles. The van der Waals surface area contributed by atoms with Crippen LogP contribution < -0.4 is 9.80 Å². The van der Waals surface area contributed by atoms with Crippen molar-refractivity contribution in [2.75, 3.05) is 49.2 Å². The van der Waals surface area contributed by atoms with Gasteiger partial charge >= 0.3 is 5.97 Å². The third-order valence-electron chi connectivity index (χ3n) is 3.52. The Morgan fingerprint density at radius 3 is 2.71 bits per heavy atom. The van der Waals surface area contributed by atoms with Gasteiger partial charge in [-0.05, 0) is 18.6 Å². The van der Waals surface area contributed by atoms with E-state index in [1.807, 2.05) is 18.3 Å². The van der Waals surface area contributed by atoms with Crippen molar-refractivity contribution in [3.63, 3.8) is 0 Å². The molecule has 1 aromatic heterocycles. The number of carboxylic acid groups (broad SMARTS) is 1. The molecule has 2 heterocycles. The number of aromatic nitrogens is 1. The Balaban J connectivity index is 2.01. The number of aliphatic carboxylic acids is 1. The van der Waals surface area contributed by atoms with Crippen LogP contribution in [0.4, 0.5) is 11.5 Å². The predicted octanol–water partition coefficient (Wildman–Crippen LogP) is 1.61. The highest BCUT2D eigenvalue weighted by atomic mass is 16.5. The second-order valence-corrected chi connectivity index (χ2v) is 5.10. The number of ether oxygens (including phenoxy) is 1. The predicted molar refractivity (Wildman–Crippen MR) is 82.0 cm³/mol. The van der Waals surface area contributed by atoms with Crippen molar-refractivity contribution in [3.05, 3.63) is 18.3 Å². The summed E-state index contributed by atoms with van der Waals surface area (Å²) in [5, 5.41) is 8.83. The zero-order chi connectivity index (χ0) is 15.1. The Labute approximate surface area is 125 Å². The summed E-state index contributed by atoms with van der Waals surface area (Å²) in [7, 11) is 0. The summed E-state index contributed by atoms with van der Waals surface area (Å²) in [5.41, 5.74) is 0.982. The van der Waals surface area contributed by atoms with E-state index >= 15 is 0 Å². The van der Waals surface area contributed by atoms with Crippen molar-refractivity contribution >= 4 is 17.5 Å². The van der Waals surface area contributed by atoms with Crippen LogP contribution in [0.1, 0.15) is 19.8 Å². The highest BCUT2D eigenvalue weighted by molar-refractivity contribution is 5.67. The molecule has 2 rings (SSSR count). The highest BCUT2D eigenvalue weighted by Gasteiger charge is 2.13. The first-order valence-corrected chi connectivity index (χ1v) is 7.46. The molecule has 6 heteroatoms. The van der Waals surface area contributed by atoms with Gasteiger partial charge in [0, 0.05) is 26.2 Å². The van der Waals surface area contributed by atoms with Crippen molar-refractivity contribution in [1.82, 2.24) is 4.98 Å². The van der Waals surface area contributed by atoms with Crippen LogP contribution in [0.15, 0.2) is 18.3 Å². The smallest absolute Gasteiger partial charge is 0.305 e. The maximum absolute atomic E-state index is 10.7. The molecule has 0 atom stereocenters. The minimum atomic E-state index is -0.769. The van der Waals surface area contributed by atoms with Gasteiger partial charge in [0.15, 0.2) is 0 Å². The third-order valence-corrected chi connectivity index (χ3v) is 3.52. The molecule has 0 saturated carbocycles. The minimum Gasteiger partial charge on any atom is -0.481 e. The van der Waals surface area contributed by atoms with Gasteiger partial charge in [-0.15, -0.1) is 0 Å². The van der Waals surface area contributed by atoms with Crippen LogP contribution >= 0.6 is 0 Å². The summed E-state index contributed by atoms with van der Waals surface area (Å²) in [6.45, 7) is 6.65. The lowest BCUT2D eigenvalue weighted by Gasteiger charge is -2.29. The number of hydrogen-bond donors (Lipinski definition) is 1. The van der Waals surface area contributed by atoms with Crippen LogP contribution in [0.5, 0.6) is 0 Å². The fraction of sp³-hybridized carbons (Fsp3) is 0.600. The summed E-state index contributed by atoms with van der Waals surface area (Å²) >= 11 is 0. The van der Waals surface area contributed by atoms with E-state index < -0.39 is 5.97 Å². The van der Waals surface area contributed by atoms with Crippen molar-refractivity contribution in [1.29, 1.82) is 0 Å². The van der Waals surface area contributed by atoms with Crippen LogP contribution in [0.25, 0.3) is 0 Å². The standard InChI is InChI=1S/C15H23N3O3/c1-2-6-17(7-5-15(19)20)13-3-4-14(16-12-13)18-8-10-21-11-9-18/h3-4,12H,2,5-11H2,1H3,(H,19,20). The molecule has 1 aromatic rings. The number of carboxylic acids is 1. The molecule has 0 aliphatic carbocycles. The van der Waals surface area contributed by atoms with Crippen LogP contribution in [0.2, 0.25) is 0 Å². The Kier molecular flexibility index (Phi) is 5.80. The summed E-state index contributed by atoms with van der Waals surface area (Å²) in [4.78, 5) is 19.5. The topological polar surface area (TPSA) is 65.9 Å². The molecule has 0 amide bonds. The Bertz CT molecular complexity index is 444. The number of anilines is 2. The maximum Gasteiger partial charge on any atom is 0.305 e. The zero-order valence-electron chi connectivity index (χ0n) is 12.5. The quantitative estimate of drug-likeness (QED) is 0.824. The van der Waals surface area contributed by atoms with Crippen molar-refractivity contribution < 1.29 is 14.6 Å². The van der Waals surface area contributed by atoms with E-state index in [0.717, 1.165) is 50.8 Å². The molecular weight excluding hydrogens is 270 g/mol. The minimum absolute atomic E-state index is 0.144. The van der Waals surface area contributed by atoms with E-state index in [-0.39, 0.29) is 6.42 Å². The fourth-order valence-electron chi connectivity index (χ4n) is 2.42. The lowest BCUT2D eigenvalue weighted by molar-refractivity contribution is -0.136. The van der Waals surface area contributed by atoms with Gasteiger partial charge in [0.25, 0.3) is 0 Å². The van der Waals surface area contributed by atoms with Gasteiger partial charge in [-0.3, -0.25) is 4.79 Å². The second kappa shape index (κ2) is 7.83. The van der Waals surface area contributed by atoms with E-state index in [0.29, 0.717) is 6.54 Å². The maximum atomic E-state index is 10.7. The average Bonchev–Trinajstić information content (AvgIpc) is 2.52. The molecule has 0 unspecified atom stereocenters. The molecule has 1 fully saturated rings. The largest absolute Gasteiger partial charge is 0.481 e. The molecule has 1 N–H and O–H groups in total. The van der Waals surface area contributed by atoms with Gasteiger partial charge in [0.2, 0.25) is 0 Å². The molecule has 0 spiro atoms. The van der Waals surface area contributed by atoms with E-state index in [4.69, 9.17) is 9.84 Å². The number of pyridine rings is 1. The van der Waals surface area contributed by atoms with Crippen LogP contribution in [-0.2, 0) is 9.53 Å². The van der Waals surface area contributed by atoms with E-state index in [1.165, 1.54) is 0 Å². The first-order valence-electron chi connectivity index (χ1n) is 7.46. The monoisotopic (exact) mass is 293 g/mol. The molecule has 6 nitrogen and oxygen atoms in total. The van der Waals surface area contributed by atoms with E-state index in [1.54, 1.807) is 0 Å². The summed E-state index contributed by atoms with van der Waals surface area (Å²) in [6.07, 6.45) is 2.96. The Morgan fingerprint density at radius 2 is 2.14 bits per heavy atom. The third kappa shape index (κ3) is 4.60. The average molecular weight is 293 g/mol. The van der Waals surface area contributed by atoms with Gasteiger partial charge < -0.3 is 19.6 Å². The first kappa shape index (κ1) is 15.6. The summed E-state index contributed by atoms with van der Waals surface area (Å²) in [5.74, 6) is 0.186. The Morgan fingerprint density at radius 1 is 1.38 bits per heavy atom. The van der Waals surface area contributed by atoms with Crippen molar-refractivity contribution in [2.45, 2.75) is 19.8 Å². The van der Waals surface area contributed by atoms with Crippen molar-refractivity contribution in [2.24, 2.45) is 0 Å². The molecule has 1 aliphatic rings. The molecule has 116 valence electrons. The van der Waals surface area contributed by atoms with Gasteiger partial charge in [-0.2, -0.15) is 0 Å². The molecule has 21 heavy (non-hydrogen) atoms. The van der Waals surface area contributed by atoms with Crippen LogP contribution in [0.3, 0.4) is 0 Å². The normalized spacial score (nSPS) is 15.0. The van der Waals surface area contributed by atoms with Gasteiger partial charge in [0.1, 0.15) is 5.82 Å². The lowest BCUT2D eigenvalue weighted by Crippen LogP contribution is -2.36. The SMILES string of the molecule is CCCN(CCC(=O)O)c1ccc(N2CCOCC2)nc1. The van der Waals surface area contributed by atoms with E-state index in [9.17, 15) is 4.79 Å². The lowest BCUT2D eigenvalue weighted by atomic mass is 10.3. The zero-order valence-corrected chi connectivity index (χ0v) is 12.5. The van der Waals surface area contributed by atoms with Gasteiger partial charge in [-0.1, -0.05) is 6.92 Å². The number of hydrogen-bond acceptors (Lipinski definition) is 5. The van der Waals surface area contributed by atoms with Crippen LogP contribution in [0, 0.1) is 0 Å². The van der Waals surface area contributed by atoms with Gasteiger partial charge in [-0.25, -0.2) is 4.98 Å². The summed E-state index contributed by atoms with van der Waals surface area (Å²) < 4.78 is 5.34. The number of morpholine rings is 1. The Hall–Kier alpha value is -1.82. The molecular formula is C15H23N3O3. The summed E-state index contributed by atoms with van der Waals surface area (Å²) in [6, 6.07) is 4.03. The molecule has 1 aliphatic heterocycles. The highest BCUT2D eigenvalue weighted by Crippen LogP contribution is 2.19. The number of nitrogens with zero attached hydrogens (tertiary/aromatic N) is 3. The van der Waals surface area contributed by atoms with Gasteiger partial charge in [0.05, 0.1) is 31.5 Å². The molecule has 0 bridgehead atoms. The fourth-order valence-corrected chi connectivity index (χ4v) is 2.42. The first-order chi connectivity index (χ1) is 10.2. The van der Waals surface area contributed by atoms with Crippen molar-refractivity contribution in [3.8, 4) is 0 Å². The number of carbonyl (C=O) groups is 1. The van der Waals surface area contributed by atoms with Crippen LogP contribution in [-0.4, -0.2) is 55.5 Å². The second-order valence-electron chi connectivity index (χ2n) is 5.10. The number of rotatable bonds is 7. The molecule has 0 radical (unpaired) electrons. The van der Waals surface area contributed by atoms with E-state index in [2.05, 4.69) is 21.7 Å². The molecule has 0 aromatic carbocycles.